The topological polar surface area (TPSA) is 107 Å². The standard InChI is InChI=1S/C21H25N5O3/c1-2-13-8-4-5-9-15(13)22-19(28)14-12-16(27)23-18-17(14)20(29)25-21(24-18)26-10-6-3-7-11-26/h4-5,8-9,14H,2-3,6-7,10-12H2,1H3,(H,22,28)(H2,23,24,25,27,29). The van der Waals surface area contributed by atoms with E-state index >= 15 is 0 Å². The molecule has 3 heterocycles. The number of H-pyrrole nitrogens is 1. The minimum Gasteiger partial charge on any atom is -0.342 e. The van der Waals surface area contributed by atoms with Gasteiger partial charge < -0.3 is 15.5 Å². The third kappa shape index (κ3) is 3.87. The largest absolute Gasteiger partial charge is 0.342 e. The van der Waals surface area contributed by atoms with Gasteiger partial charge in [-0.3, -0.25) is 19.4 Å². The quantitative estimate of drug-likeness (QED) is 0.737. The molecule has 1 aromatic heterocycles. The molecular formula is C21H25N5O3. The van der Waals surface area contributed by atoms with Crippen molar-refractivity contribution in [1.82, 2.24) is 9.97 Å². The molecule has 1 unspecified atom stereocenters. The van der Waals surface area contributed by atoms with Gasteiger partial charge in [0.2, 0.25) is 17.8 Å². The number of aryl methyl sites for hydroxylation is 1. The summed E-state index contributed by atoms with van der Waals surface area (Å²) < 4.78 is 0. The summed E-state index contributed by atoms with van der Waals surface area (Å²) in [5, 5.41) is 5.56. The number of hydrogen-bond acceptors (Lipinski definition) is 5. The average Bonchev–Trinajstić information content (AvgIpc) is 2.73. The van der Waals surface area contributed by atoms with Crippen molar-refractivity contribution in [1.29, 1.82) is 0 Å². The molecule has 0 saturated carbocycles. The smallest absolute Gasteiger partial charge is 0.258 e. The number of aromatic nitrogens is 2. The van der Waals surface area contributed by atoms with E-state index in [-0.39, 0.29) is 35.2 Å². The fourth-order valence-electron chi connectivity index (χ4n) is 4.01. The minimum atomic E-state index is -0.879. The Labute approximate surface area is 168 Å². The SMILES string of the molecule is CCc1ccccc1NC(=O)C1CC(=O)Nc2nc(N3CCCCC3)[nH]c(=O)c21. The summed E-state index contributed by atoms with van der Waals surface area (Å²) in [6, 6.07) is 7.52. The molecule has 152 valence electrons. The van der Waals surface area contributed by atoms with Crippen molar-refractivity contribution in [3.05, 3.63) is 45.7 Å². The molecule has 2 aliphatic heterocycles. The van der Waals surface area contributed by atoms with Crippen molar-refractivity contribution in [3.8, 4) is 0 Å². The summed E-state index contributed by atoms with van der Waals surface area (Å²) in [5.41, 5.74) is 1.53. The number of amides is 2. The Bertz CT molecular complexity index is 994. The van der Waals surface area contributed by atoms with Crippen LogP contribution in [0.1, 0.15) is 49.7 Å². The van der Waals surface area contributed by atoms with Crippen LogP contribution in [-0.4, -0.2) is 34.9 Å². The molecule has 0 radical (unpaired) electrons. The second kappa shape index (κ2) is 8.06. The highest BCUT2D eigenvalue weighted by molar-refractivity contribution is 6.04. The van der Waals surface area contributed by atoms with E-state index in [0.717, 1.165) is 44.3 Å². The highest BCUT2D eigenvalue weighted by atomic mass is 16.2. The lowest BCUT2D eigenvalue weighted by atomic mass is 9.92. The van der Waals surface area contributed by atoms with E-state index < -0.39 is 5.92 Å². The van der Waals surface area contributed by atoms with Crippen LogP contribution in [0.15, 0.2) is 29.1 Å². The first-order chi connectivity index (χ1) is 14.1. The number of piperidine rings is 1. The Morgan fingerprint density at radius 1 is 1.21 bits per heavy atom. The van der Waals surface area contributed by atoms with Crippen molar-refractivity contribution in [2.75, 3.05) is 28.6 Å². The number of rotatable bonds is 4. The summed E-state index contributed by atoms with van der Waals surface area (Å²) in [5.74, 6) is -0.930. The van der Waals surface area contributed by atoms with Gasteiger partial charge in [0.25, 0.3) is 5.56 Å². The van der Waals surface area contributed by atoms with Gasteiger partial charge in [-0.2, -0.15) is 4.98 Å². The van der Waals surface area contributed by atoms with Crippen LogP contribution in [0.2, 0.25) is 0 Å². The van der Waals surface area contributed by atoms with Gasteiger partial charge in [0.15, 0.2) is 0 Å². The van der Waals surface area contributed by atoms with E-state index in [9.17, 15) is 14.4 Å². The van der Waals surface area contributed by atoms with Gasteiger partial charge >= 0.3 is 0 Å². The molecule has 4 rings (SSSR count). The van der Waals surface area contributed by atoms with Crippen molar-refractivity contribution >= 4 is 29.3 Å². The van der Waals surface area contributed by atoms with Crippen molar-refractivity contribution in [2.45, 2.75) is 44.9 Å². The first kappa shape index (κ1) is 19.2. The molecule has 29 heavy (non-hydrogen) atoms. The lowest BCUT2D eigenvalue weighted by Crippen LogP contribution is -2.38. The molecule has 8 heteroatoms. The number of para-hydroxylation sites is 1. The molecule has 8 nitrogen and oxygen atoms in total. The fraction of sp³-hybridized carbons (Fsp3) is 0.429. The summed E-state index contributed by atoms with van der Waals surface area (Å²) in [4.78, 5) is 47.4. The van der Waals surface area contributed by atoms with Crippen LogP contribution in [0.4, 0.5) is 17.5 Å². The first-order valence-corrected chi connectivity index (χ1v) is 10.1. The number of nitrogens with zero attached hydrogens (tertiary/aromatic N) is 2. The van der Waals surface area contributed by atoms with Crippen LogP contribution >= 0.6 is 0 Å². The highest BCUT2D eigenvalue weighted by Gasteiger charge is 2.35. The van der Waals surface area contributed by atoms with Gasteiger partial charge in [0, 0.05) is 25.2 Å². The van der Waals surface area contributed by atoms with Gasteiger partial charge in [-0.1, -0.05) is 25.1 Å². The molecular weight excluding hydrogens is 370 g/mol. The van der Waals surface area contributed by atoms with E-state index in [0.29, 0.717) is 11.6 Å². The Kier molecular flexibility index (Phi) is 5.33. The monoisotopic (exact) mass is 395 g/mol. The Balaban J connectivity index is 1.65. The third-order valence-corrected chi connectivity index (χ3v) is 5.57. The summed E-state index contributed by atoms with van der Waals surface area (Å²) in [6.07, 6.45) is 3.91. The fourth-order valence-corrected chi connectivity index (χ4v) is 4.01. The molecule has 1 atom stereocenters. The summed E-state index contributed by atoms with van der Waals surface area (Å²) >= 11 is 0. The van der Waals surface area contributed by atoms with E-state index in [1.165, 1.54) is 0 Å². The molecule has 2 aromatic rings. The van der Waals surface area contributed by atoms with Gasteiger partial charge in [0.05, 0.1) is 11.5 Å². The lowest BCUT2D eigenvalue weighted by Gasteiger charge is -2.29. The number of anilines is 3. The zero-order valence-corrected chi connectivity index (χ0v) is 16.5. The van der Waals surface area contributed by atoms with E-state index in [1.54, 1.807) is 0 Å². The molecule has 0 aliphatic carbocycles. The lowest BCUT2D eigenvalue weighted by molar-refractivity contribution is -0.123. The van der Waals surface area contributed by atoms with Crippen LogP contribution in [0.25, 0.3) is 0 Å². The maximum absolute atomic E-state index is 13.0. The summed E-state index contributed by atoms with van der Waals surface area (Å²) in [6.45, 7) is 3.63. The molecule has 3 N–H and O–H groups in total. The molecule has 1 saturated heterocycles. The molecule has 1 aromatic carbocycles. The number of benzene rings is 1. The number of hydrogen-bond donors (Lipinski definition) is 3. The van der Waals surface area contributed by atoms with Crippen LogP contribution in [0.3, 0.4) is 0 Å². The Morgan fingerprint density at radius 2 is 1.97 bits per heavy atom. The van der Waals surface area contributed by atoms with E-state index in [2.05, 4.69) is 20.6 Å². The van der Waals surface area contributed by atoms with Crippen molar-refractivity contribution in [3.63, 3.8) is 0 Å². The molecule has 2 aliphatic rings. The first-order valence-electron chi connectivity index (χ1n) is 10.1. The van der Waals surface area contributed by atoms with Crippen LogP contribution in [0, 0.1) is 0 Å². The van der Waals surface area contributed by atoms with Crippen molar-refractivity contribution in [2.24, 2.45) is 0 Å². The Hall–Kier alpha value is -3.16. The van der Waals surface area contributed by atoms with Crippen LogP contribution < -0.4 is 21.1 Å². The molecule has 0 bridgehead atoms. The van der Waals surface area contributed by atoms with Gasteiger partial charge in [-0.25, -0.2) is 0 Å². The van der Waals surface area contributed by atoms with Gasteiger partial charge in [-0.15, -0.1) is 0 Å². The molecule has 2 amide bonds. The molecule has 1 fully saturated rings. The number of nitrogens with one attached hydrogen (secondary N) is 3. The van der Waals surface area contributed by atoms with E-state index in [1.807, 2.05) is 36.1 Å². The number of carbonyl (C=O) groups excluding carboxylic acids is 2. The highest BCUT2D eigenvalue weighted by Crippen LogP contribution is 2.31. The number of fused-ring (bicyclic) bond motifs is 1. The normalized spacial score (nSPS) is 18.7. The second-order valence-corrected chi connectivity index (χ2v) is 7.50. The zero-order chi connectivity index (χ0) is 20.4. The maximum Gasteiger partial charge on any atom is 0.258 e. The minimum absolute atomic E-state index is 0.0824. The average molecular weight is 395 g/mol. The number of carbonyl (C=O) groups is 2. The number of aromatic amines is 1. The second-order valence-electron chi connectivity index (χ2n) is 7.50. The third-order valence-electron chi connectivity index (χ3n) is 5.57. The van der Waals surface area contributed by atoms with Crippen molar-refractivity contribution < 1.29 is 9.59 Å². The van der Waals surface area contributed by atoms with Crippen LogP contribution in [-0.2, 0) is 16.0 Å². The zero-order valence-electron chi connectivity index (χ0n) is 16.5. The Morgan fingerprint density at radius 3 is 2.72 bits per heavy atom. The predicted octanol–water partition coefficient (Wildman–Crippen LogP) is 2.39. The maximum atomic E-state index is 13.0. The van der Waals surface area contributed by atoms with Crippen LogP contribution in [0.5, 0.6) is 0 Å². The summed E-state index contributed by atoms with van der Waals surface area (Å²) in [7, 11) is 0. The van der Waals surface area contributed by atoms with Gasteiger partial charge in [-0.05, 0) is 37.3 Å². The predicted molar refractivity (Wildman–Crippen MR) is 111 cm³/mol. The molecule has 0 spiro atoms. The van der Waals surface area contributed by atoms with E-state index in [4.69, 9.17) is 0 Å². The van der Waals surface area contributed by atoms with Gasteiger partial charge in [0.1, 0.15) is 5.82 Å².